The number of hydrogen-bond acceptors (Lipinski definition) is 3. The highest BCUT2D eigenvalue weighted by molar-refractivity contribution is 6.42. The summed E-state index contributed by atoms with van der Waals surface area (Å²) in [6.45, 7) is 2.28. The van der Waals surface area contributed by atoms with Crippen molar-refractivity contribution in [3.05, 3.63) is 63.1 Å². The summed E-state index contributed by atoms with van der Waals surface area (Å²) in [5.41, 5.74) is 3.84. The zero-order valence-electron chi connectivity index (χ0n) is 14.2. The molecule has 6 heteroatoms. The highest BCUT2D eigenvalue weighted by atomic mass is 35.5. The molecular formula is C20H19Cl2NO3. The molecule has 1 heterocycles. The summed E-state index contributed by atoms with van der Waals surface area (Å²) in [7, 11) is 0. The van der Waals surface area contributed by atoms with Gasteiger partial charge in [-0.2, -0.15) is 0 Å². The van der Waals surface area contributed by atoms with Crippen LogP contribution >= 0.6 is 23.2 Å². The number of fused-ring (bicyclic) bond motifs is 1. The van der Waals surface area contributed by atoms with Crippen molar-refractivity contribution in [1.82, 2.24) is 4.90 Å². The van der Waals surface area contributed by atoms with Gasteiger partial charge in [-0.3, -0.25) is 9.69 Å². The van der Waals surface area contributed by atoms with Gasteiger partial charge in [0.2, 0.25) is 0 Å². The minimum atomic E-state index is -0.756. The topological polar surface area (TPSA) is 49.8 Å². The van der Waals surface area contributed by atoms with Crippen LogP contribution < -0.4 is 4.74 Å². The smallest absolute Gasteiger partial charge is 0.317 e. The summed E-state index contributed by atoms with van der Waals surface area (Å²) < 4.78 is 5.92. The molecule has 2 aromatic carbocycles. The lowest BCUT2D eigenvalue weighted by Crippen LogP contribution is -2.58. The number of ether oxygens (including phenoxy) is 1. The van der Waals surface area contributed by atoms with Crippen molar-refractivity contribution < 1.29 is 14.6 Å². The van der Waals surface area contributed by atoms with Crippen LogP contribution in [0.5, 0.6) is 5.75 Å². The van der Waals surface area contributed by atoms with E-state index in [9.17, 15) is 4.79 Å². The third-order valence-electron chi connectivity index (χ3n) is 5.18. The SMILES string of the molecule is O=C(O)CN1CC2(Cc3ccc(OCc4ccc(Cl)c(Cl)c4)cc3C2)C1. The number of nitrogens with zero attached hydrogens (tertiary/aromatic N) is 1. The molecular weight excluding hydrogens is 373 g/mol. The fraction of sp³-hybridized carbons (Fsp3) is 0.350. The fourth-order valence-corrected chi connectivity index (χ4v) is 4.45. The van der Waals surface area contributed by atoms with E-state index >= 15 is 0 Å². The van der Waals surface area contributed by atoms with Crippen molar-refractivity contribution in [2.24, 2.45) is 5.41 Å². The van der Waals surface area contributed by atoms with E-state index in [1.807, 2.05) is 23.1 Å². The van der Waals surface area contributed by atoms with Crippen LogP contribution in [0.3, 0.4) is 0 Å². The van der Waals surface area contributed by atoms with Crippen LogP contribution in [0.1, 0.15) is 16.7 Å². The van der Waals surface area contributed by atoms with Crippen LogP contribution in [0.4, 0.5) is 0 Å². The summed E-state index contributed by atoms with van der Waals surface area (Å²) in [5.74, 6) is 0.0851. The van der Waals surface area contributed by atoms with E-state index in [1.165, 1.54) is 11.1 Å². The molecule has 1 aliphatic carbocycles. The maximum atomic E-state index is 10.8. The lowest BCUT2D eigenvalue weighted by Gasteiger charge is -2.47. The molecule has 0 amide bonds. The predicted molar refractivity (Wildman–Crippen MR) is 101 cm³/mol. The first-order valence-corrected chi connectivity index (χ1v) is 9.31. The van der Waals surface area contributed by atoms with Crippen LogP contribution in [0.25, 0.3) is 0 Å². The van der Waals surface area contributed by atoms with Crippen molar-refractivity contribution in [1.29, 1.82) is 0 Å². The van der Waals surface area contributed by atoms with Crippen molar-refractivity contribution in [2.45, 2.75) is 19.4 Å². The van der Waals surface area contributed by atoms with Gasteiger partial charge in [-0.05, 0) is 53.8 Å². The van der Waals surface area contributed by atoms with E-state index < -0.39 is 5.97 Å². The summed E-state index contributed by atoms with van der Waals surface area (Å²) in [6.07, 6.45) is 2.01. The molecule has 1 spiro atoms. The van der Waals surface area contributed by atoms with Crippen LogP contribution in [0.2, 0.25) is 10.0 Å². The quantitative estimate of drug-likeness (QED) is 0.834. The molecule has 0 radical (unpaired) electrons. The van der Waals surface area contributed by atoms with Gasteiger partial charge in [0.1, 0.15) is 12.4 Å². The lowest BCUT2D eigenvalue weighted by molar-refractivity contribution is -0.141. The Kier molecular flexibility index (Phi) is 4.59. The molecule has 4 rings (SSSR count). The molecule has 0 saturated carbocycles. The number of rotatable bonds is 5. The van der Waals surface area contributed by atoms with Gasteiger partial charge in [0.05, 0.1) is 16.6 Å². The first-order valence-electron chi connectivity index (χ1n) is 8.55. The molecule has 1 fully saturated rings. The first-order chi connectivity index (χ1) is 12.4. The Morgan fingerprint density at radius 3 is 2.58 bits per heavy atom. The number of hydrogen-bond donors (Lipinski definition) is 1. The molecule has 2 aromatic rings. The summed E-state index contributed by atoms with van der Waals surface area (Å²) in [5, 5.41) is 9.97. The normalized spacial score (nSPS) is 17.8. The highest BCUT2D eigenvalue weighted by Crippen LogP contribution is 2.44. The van der Waals surface area contributed by atoms with Crippen molar-refractivity contribution >= 4 is 29.2 Å². The lowest BCUT2D eigenvalue weighted by atomic mass is 9.77. The molecule has 136 valence electrons. The van der Waals surface area contributed by atoms with Gasteiger partial charge < -0.3 is 9.84 Å². The van der Waals surface area contributed by atoms with Crippen molar-refractivity contribution in [3.8, 4) is 5.75 Å². The fourth-order valence-electron chi connectivity index (χ4n) is 4.12. The number of carboxylic acid groups (broad SMARTS) is 1. The Labute approximate surface area is 162 Å². The Hall–Kier alpha value is -1.75. The molecule has 1 N–H and O–H groups in total. The molecule has 4 nitrogen and oxygen atoms in total. The largest absolute Gasteiger partial charge is 0.489 e. The van der Waals surface area contributed by atoms with Gasteiger partial charge in [0, 0.05) is 18.5 Å². The number of carboxylic acids is 1. The second-order valence-corrected chi connectivity index (χ2v) is 8.17. The first kappa shape index (κ1) is 17.7. The van der Waals surface area contributed by atoms with E-state index in [2.05, 4.69) is 12.1 Å². The molecule has 0 bridgehead atoms. The van der Waals surface area contributed by atoms with Crippen LogP contribution in [0, 0.1) is 5.41 Å². The number of halogens is 2. The van der Waals surface area contributed by atoms with Crippen molar-refractivity contribution in [3.63, 3.8) is 0 Å². The van der Waals surface area contributed by atoms with Crippen LogP contribution in [-0.4, -0.2) is 35.6 Å². The van der Waals surface area contributed by atoms with Gasteiger partial charge in [0.15, 0.2) is 0 Å². The van der Waals surface area contributed by atoms with E-state index in [-0.39, 0.29) is 12.0 Å². The Morgan fingerprint density at radius 1 is 1.08 bits per heavy atom. The molecule has 26 heavy (non-hydrogen) atoms. The second-order valence-electron chi connectivity index (χ2n) is 7.36. The zero-order chi connectivity index (χ0) is 18.3. The summed E-state index contributed by atoms with van der Waals surface area (Å²) in [4.78, 5) is 12.8. The average Bonchev–Trinajstić information content (AvgIpc) is 2.93. The van der Waals surface area contributed by atoms with E-state index in [4.69, 9.17) is 33.0 Å². The maximum Gasteiger partial charge on any atom is 0.317 e. The molecule has 2 aliphatic rings. The van der Waals surface area contributed by atoms with Crippen LogP contribution in [0.15, 0.2) is 36.4 Å². The standard InChI is InChI=1S/C20H19Cl2NO3/c21-17-4-1-13(5-18(17)22)10-26-16-3-2-14-7-20(8-15(14)6-16)11-23(12-20)9-19(24)25/h1-6H,7-12H2,(H,24,25). The summed E-state index contributed by atoms with van der Waals surface area (Å²) in [6, 6.07) is 11.7. The van der Waals surface area contributed by atoms with E-state index in [0.717, 1.165) is 37.2 Å². The van der Waals surface area contributed by atoms with Crippen molar-refractivity contribution in [2.75, 3.05) is 19.6 Å². The third kappa shape index (κ3) is 3.54. The molecule has 1 aliphatic heterocycles. The predicted octanol–water partition coefficient (Wildman–Crippen LogP) is 4.06. The molecule has 0 aromatic heterocycles. The number of aliphatic carboxylic acids is 1. The van der Waals surface area contributed by atoms with Gasteiger partial charge in [-0.1, -0.05) is 35.3 Å². The molecule has 0 unspecified atom stereocenters. The Morgan fingerprint density at radius 2 is 1.85 bits per heavy atom. The second kappa shape index (κ2) is 6.76. The average molecular weight is 392 g/mol. The minimum absolute atomic E-state index is 0.135. The monoisotopic (exact) mass is 391 g/mol. The van der Waals surface area contributed by atoms with Crippen LogP contribution in [-0.2, 0) is 24.2 Å². The molecule has 1 saturated heterocycles. The van der Waals surface area contributed by atoms with E-state index in [0.29, 0.717) is 16.7 Å². The number of benzene rings is 2. The number of carbonyl (C=O) groups is 1. The Balaban J connectivity index is 1.38. The van der Waals surface area contributed by atoms with Gasteiger partial charge in [0.25, 0.3) is 0 Å². The van der Waals surface area contributed by atoms with Gasteiger partial charge >= 0.3 is 5.97 Å². The Bertz CT molecular complexity index is 862. The van der Waals surface area contributed by atoms with Gasteiger partial charge in [-0.25, -0.2) is 0 Å². The number of likely N-dealkylation sites (tertiary alicyclic amines) is 1. The zero-order valence-corrected chi connectivity index (χ0v) is 15.7. The summed E-state index contributed by atoms with van der Waals surface area (Å²) >= 11 is 12.0. The third-order valence-corrected chi connectivity index (χ3v) is 5.91. The maximum absolute atomic E-state index is 10.8. The van der Waals surface area contributed by atoms with Gasteiger partial charge in [-0.15, -0.1) is 0 Å². The molecule has 0 atom stereocenters. The highest BCUT2D eigenvalue weighted by Gasteiger charge is 2.47. The minimum Gasteiger partial charge on any atom is -0.489 e. The van der Waals surface area contributed by atoms with E-state index in [1.54, 1.807) is 6.07 Å².